The molecule has 1 aliphatic heterocycles. The number of carbonyl (C=O) groups is 1. The molecule has 1 amide bonds. The summed E-state index contributed by atoms with van der Waals surface area (Å²) in [5.41, 5.74) is 1.73. The van der Waals surface area contributed by atoms with Crippen LogP contribution < -0.4 is 10.2 Å². The van der Waals surface area contributed by atoms with Crippen LogP contribution in [0.5, 0.6) is 0 Å². The van der Waals surface area contributed by atoms with E-state index in [2.05, 4.69) is 15.2 Å². The number of carbonyl (C=O) groups excluding carboxylic acids is 1. The van der Waals surface area contributed by atoms with Crippen LogP contribution >= 0.6 is 0 Å². The van der Waals surface area contributed by atoms with Crippen LogP contribution in [0.4, 0.5) is 6.01 Å². The van der Waals surface area contributed by atoms with Crippen molar-refractivity contribution in [3.05, 3.63) is 24.3 Å². The molecule has 5 heteroatoms. The number of benzene rings is 1. The summed E-state index contributed by atoms with van der Waals surface area (Å²) in [6.07, 6.45) is 5.24. The molecule has 1 aromatic carbocycles. The van der Waals surface area contributed by atoms with Gasteiger partial charge in [-0.3, -0.25) is 4.79 Å². The van der Waals surface area contributed by atoms with Gasteiger partial charge in [0.1, 0.15) is 5.52 Å². The molecule has 22 heavy (non-hydrogen) atoms. The maximum atomic E-state index is 12.0. The third-order valence-corrected chi connectivity index (χ3v) is 4.87. The molecule has 1 saturated heterocycles. The van der Waals surface area contributed by atoms with Crippen LogP contribution in [-0.2, 0) is 4.79 Å². The molecule has 5 nitrogen and oxygen atoms in total. The van der Waals surface area contributed by atoms with Gasteiger partial charge in [-0.1, -0.05) is 18.6 Å². The fraction of sp³-hybridized carbons (Fsp3) is 0.529. The number of nitrogens with zero attached hydrogens (tertiary/aromatic N) is 2. The normalized spacial score (nSPS) is 20.1. The minimum atomic E-state index is 0.256. The molecule has 2 aliphatic rings. The Morgan fingerprint density at radius 3 is 2.64 bits per heavy atom. The lowest BCUT2D eigenvalue weighted by atomic mass is 9.84. The molecule has 0 radical (unpaired) electrons. The highest BCUT2D eigenvalue weighted by Crippen LogP contribution is 2.27. The quantitative estimate of drug-likeness (QED) is 0.946. The number of rotatable bonds is 3. The van der Waals surface area contributed by atoms with Crippen LogP contribution in [0.25, 0.3) is 11.1 Å². The van der Waals surface area contributed by atoms with Crippen molar-refractivity contribution in [3.63, 3.8) is 0 Å². The molecular formula is C17H21N3O2. The third-order valence-electron chi connectivity index (χ3n) is 4.87. The second kappa shape index (κ2) is 5.63. The van der Waals surface area contributed by atoms with Crippen LogP contribution in [0.15, 0.2) is 28.7 Å². The summed E-state index contributed by atoms with van der Waals surface area (Å²) in [7, 11) is 0. The molecule has 1 N–H and O–H groups in total. The van der Waals surface area contributed by atoms with Crippen LogP contribution in [0, 0.1) is 5.92 Å². The Kier molecular flexibility index (Phi) is 3.48. The zero-order chi connectivity index (χ0) is 14.9. The van der Waals surface area contributed by atoms with Gasteiger partial charge >= 0.3 is 0 Å². The maximum absolute atomic E-state index is 12.0. The molecule has 2 aromatic rings. The van der Waals surface area contributed by atoms with Crippen molar-refractivity contribution < 1.29 is 9.21 Å². The summed E-state index contributed by atoms with van der Waals surface area (Å²) in [6.45, 7) is 1.75. The lowest BCUT2D eigenvalue weighted by Crippen LogP contribution is -2.47. The maximum Gasteiger partial charge on any atom is 0.298 e. The molecule has 0 unspecified atom stereocenters. The van der Waals surface area contributed by atoms with Crippen molar-refractivity contribution in [2.24, 2.45) is 5.92 Å². The second-order valence-corrected chi connectivity index (χ2v) is 6.36. The van der Waals surface area contributed by atoms with Gasteiger partial charge in [0.15, 0.2) is 5.58 Å². The van der Waals surface area contributed by atoms with Crippen molar-refractivity contribution in [1.29, 1.82) is 0 Å². The third kappa shape index (κ3) is 2.56. The van der Waals surface area contributed by atoms with Crippen molar-refractivity contribution >= 4 is 23.0 Å². The molecule has 0 spiro atoms. The Bertz CT molecular complexity index is 636. The second-order valence-electron chi connectivity index (χ2n) is 6.36. The average molecular weight is 299 g/mol. The zero-order valence-electron chi connectivity index (χ0n) is 12.6. The van der Waals surface area contributed by atoms with Gasteiger partial charge in [-0.25, -0.2) is 0 Å². The average Bonchev–Trinajstić information content (AvgIpc) is 2.90. The molecule has 2 heterocycles. The van der Waals surface area contributed by atoms with Gasteiger partial charge in [-0.15, -0.1) is 0 Å². The fourth-order valence-electron chi connectivity index (χ4n) is 3.20. The van der Waals surface area contributed by atoms with Crippen molar-refractivity contribution in [2.45, 2.75) is 38.1 Å². The molecule has 0 bridgehead atoms. The fourth-order valence-corrected chi connectivity index (χ4v) is 3.20. The Morgan fingerprint density at radius 2 is 1.95 bits per heavy atom. The number of hydrogen-bond acceptors (Lipinski definition) is 4. The molecule has 0 atom stereocenters. The molecule has 1 aliphatic carbocycles. The topological polar surface area (TPSA) is 58.4 Å². The number of aromatic nitrogens is 1. The number of piperidine rings is 1. The summed E-state index contributed by atoms with van der Waals surface area (Å²) < 4.78 is 5.82. The highest BCUT2D eigenvalue weighted by atomic mass is 16.4. The highest BCUT2D eigenvalue weighted by molar-refractivity contribution is 5.79. The largest absolute Gasteiger partial charge is 0.423 e. The Morgan fingerprint density at radius 1 is 1.18 bits per heavy atom. The minimum absolute atomic E-state index is 0.256. The first-order valence-corrected chi connectivity index (χ1v) is 8.20. The lowest BCUT2D eigenvalue weighted by molar-refractivity contribution is -0.128. The SMILES string of the molecule is O=C(NC1CCN(c2nc3ccccc3o2)CC1)C1CCC1. The molecule has 1 aromatic heterocycles. The highest BCUT2D eigenvalue weighted by Gasteiger charge is 2.29. The number of oxazole rings is 1. The van der Waals surface area contributed by atoms with Crippen LogP contribution in [0.3, 0.4) is 0 Å². The van der Waals surface area contributed by atoms with Crippen molar-refractivity contribution in [3.8, 4) is 0 Å². The number of hydrogen-bond donors (Lipinski definition) is 1. The molecule has 1 saturated carbocycles. The van der Waals surface area contributed by atoms with E-state index >= 15 is 0 Å². The van der Waals surface area contributed by atoms with E-state index in [0.717, 1.165) is 49.9 Å². The van der Waals surface area contributed by atoms with Crippen LogP contribution in [0.2, 0.25) is 0 Å². The first-order chi connectivity index (χ1) is 10.8. The number of fused-ring (bicyclic) bond motifs is 1. The van der Waals surface area contributed by atoms with E-state index in [-0.39, 0.29) is 11.8 Å². The van der Waals surface area contributed by atoms with Gasteiger partial charge in [0.2, 0.25) is 5.91 Å². The molecular weight excluding hydrogens is 278 g/mol. The summed E-state index contributed by atoms with van der Waals surface area (Å²) >= 11 is 0. The smallest absolute Gasteiger partial charge is 0.298 e. The Balaban J connectivity index is 1.35. The monoisotopic (exact) mass is 299 g/mol. The summed E-state index contributed by atoms with van der Waals surface area (Å²) in [6, 6.07) is 8.83. The molecule has 4 rings (SSSR count). The Hall–Kier alpha value is -2.04. The van der Waals surface area contributed by atoms with E-state index in [1.165, 1.54) is 6.42 Å². The van der Waals surface area contributed by atoms with Gasteiger partial charge in [0.25, 0.3) is 6.01 Å². The number of para-hydroxylation sites is 2. The van der Waals surface area contributed by atoms with E-state index in [0.29, 0.717) is 12.1 Å². The standard InChI is InChI=1S/C17H21N3O2/c21-16(12-4-3-5-12)18-13-8-10-20(11-9-13)17-19-14-6-1-2-7-15(14)22-17/h1-2,6-7,12-13H,3-5,8-11H2,(H,18,21). The number of nitrogens with one attached hydrogen (secondary N) is 1. The zero-order valence-corrected chi connectivity index (χ0v) is 12.6. The first-order valence-electron chi connectivity index (χ1n) is 8.20. The van der Waals surface area contributed by atoms with Gasteiger partial charge in [0, 0.05) is 25.0 Å². The van der Waals surface area contributed by atoms with E-state index < -0.39 is 0 Å². The Labute approximate surface area is 129 Å². The van der Waals surface area contributed by atoms with Crippen molar-refractivity contribution in [2.75, 3.05) is 18.0 Å². The number of amides is 1. The van der Waals surface area contributed by atoms with Gasteiger partial charge in [0.05, 0.1) is 0 Å². The molecule has 116 valence electrons. The van der Waals surface area contributed by atoms with E-state index in [1.54, 1.807) is 0 Å². The van der Waals surface area contributed by atoms with Gasteiger partial charge < -0.3 is 14.6 Å². The summed E-state index contributed by atoms with van der Waals surface area (Å²) in [5.74, 6) is 0.529. The number of anilines is 1. The van der Waals surface area contributed by atoms with E-state index in [1.807, 2.05) is 24.3 Å². The predicted molar refractivity (Wildman–Crippen MR) is 84.7 cm³/mol. The summed E-state index contributed by atoms with van der Waals surface area (Å²) in [5, 5.41) is 3.20. The summed E-state index contributed by atoms with van der Waals surface area (Å²) in [4.78, 5) is 18.7. The van der Waals surface area contributed by atoms with Gasteiger partial charge in [-0.05, 0) is 37.8 Å². The van der Waals surface area contributed by atoms with Gasteiger partial charge in [-0.2, -0.15) is 4.98 Å². The minimum Gasteiger partial charge on any atom is -0.423 e. The van der Waals surface area contributed by atoms with Crippen molar-refractivity contribution in [1.82, 2.24) is 10.3 Å². The van der Waals surface area contributed by atoms with E-state index in [4.69, 9.17) is 4.42 Å². The van der Waals surface area contributed by atoms with Crippen LogP contribution in [0.1, 0.15) is 32.1 Å². The predicted octanol–water partition coefficient (Wildman–Crippen LogP) is 2.71. The lowest BCUT2D eigenvalue weighted by Gasteiger charge is -2.33. The van der Waals surface area contributed by atoms with Crippen LogP contribution in [-0.4, -0.2) is 30.0 Å². The molecule has 2 fully saturated rings. The first kappa shape index (κ1) is 13.6. The van der Waals surface area contributed by atoms with E-state index in [9.17, 15) is 4.79 Å².